The predicted octanol–water partition coefficient (Wildman–Crippen LogP) is 2.08. The fourth-order valence-corrected chi connectivity index (χ4v) is 1.29. The molecule has 0 rings (SSSR count). The summed E-state index contributed by atoms with van der Waals surface area (Å²) in [7, 11) is 0. The quantitative estimate of drug-likeness (QED) is 0.651. The van der Waals surface area contributed by atoms with Gasteiger partial charge in [-0.2, -0.15) is 13.2 Å². The minimum absolute atomic E-state index is 0.288. The molecule has 102 valence electrons. The molecule has 0 aliphatic heterocycles. The lowest BCUT2D eigenvalue weighted by Gasteiger charge is -2.09. The Kier molecular flexibility index (Phi) is 7.95. The van der Waals surface area contributed by atoms with Crippen LogP contribution in [0.4, 0.5) is 13.2 Å². The molecule has 0 aliphatic carbocycles. The first-order valence-electron chi connectivity index (χ1n) is 5.85. The molecule has 2 N–H and O–H groups in total. The normalized spacial score (nSPS) is 11.9. The van der Waals surface area contributed by atoms with E-state index in [0.29, 0.717) is 12.5 Å². The molecule has 3 nitrogen and oxygen atoms in total. The summed E-state index contributed by atoms with van der Waals surface area (Å²) in [5.41, 5.74) is 0. The van der Waals surface area contributed by atoms with E-state index in [2.05, 4.69) is 19.2 Å². The lowest BCUT2D eigenvalue weighted by Crippen LogP contribution is -2.38. The number of alkyl halides is 3. The van der Waals surface area contributed by atoms with Crippen molar-refractivity contribution in [3.05, 3.63) is 0 Å². The number of carbonyl (C=O) groups excluding carboxylic acids is 1. The molecule has 0 saturated carbocycles. The molecule has 0 radical (unpaired) electrons. The molecule has 0 bridgehead atoms. The Morgan fingerprint density at radius 1 is 1.24 bits per heavy atom. The van der Waals surface area contributed by atoms with Crippen LogP contribution in [0.3, 0.4) is 0 Å². The van der Waals surface area contributed by atoms with Crippen molar-refractivity contribution in [2.45, 2.75) is 39.3 Å². The van der Waals surface area contributed by atoms with Gasteiger partial charge in [-0.25, -0.2) is 0 Å². The number of hydrogen-bond donors (Lipinski definition) is 2. The summed E-state index contributed by atoms with van der Waals surface area (Å²) >= 11 is 0. The molecular formula is C11H21F3N2O. The standard InChI is InChI=1S/C11H21F3N2O/c1-9(2)5-3-4-6-16-10(17)7-15-8-11(12,13)14/h9,15H,3-8H2,1-2H3,(H,16,17). The Balaban J connectivity index is 3.35. The topological polar surface area (TPSA) is 41.1 Å². The van der Waals surface area contributed by atoms with E-state index in [-0.39, 0.29) is 6.54 Å². The van der Waals surface area contributed by atoms with Crippen LogP contribution >= 0.6 is 0 Å². The van der Waals surface area contributed by atoms with Crippen molar-refractivity contribution >= 4 is 5.91 Å². The molecule has 0 atom stereocenters. The number of halogens is 3. The molecule has 0 aliphatic rings. The summed E-state index contributed by atoms with van der Waals surface area (Å²) in [5, 5.41) is 4.62. The molecule has 0 saturated heterocycles. The SMILES string of the molecule is CC(C)CCCCNC(=O)CNCC(F)(F)F. The molecule has 17 heavy (non-hydrogen) atoms. The maximum Gasteiger partial charge on any atom is 0.401 e. The first kappa shape index (κ1) is 16.2. The van der Waals surface area contributed by atoms with Gasteiger partial charge < -0.3 is 10.6 Å². The van der Waals surface area contributed by atoms with Crippen LogP contribution in [-0.2, 0) is 4.79 Å². The minimum atomic E-state index is -4.27. The van der Waals surface area contributed by atoms with Crippen molar-refractivity contribution in [2.75, 3.05) is 19.6 Å². The number of unbranched alkanes of at least 4 members (excludes halogenated alkanes) is 1. The number of amides is 1. The van der Waals surface area contributed by atoms with Crippen LogP contribution in [0, 0.1) is 5.92 Å². The molecule has 0 aromatic rings. The zero-order valence-electron chi connectivity index (χ0n) is 10.4. The Morgan fingerprint density at radius 3 is 2.41 bits per heavy atom. The van der Waals surface area contributed by atoms with Gasteiger partial charge in [-0.1, -0.05) is 26.7 Å². The third-order valence-electron chi connectivity index (χ3n) is 2.14. The van der Waals surface area contributed by atoms with Crippen molar-refractivity contribution in [3.8, 4) is 0 Å². The Bertz CT molecular complexity index is 217. The average molecular weight is 254 g/mol. The molecule has 0 unspecified atom stereocenters. The highest BCUT2D eigenvalue weighted by Gasteiger charge is 2.26. The number of hydrogen-bond acceptors (Lipinski definition) is 2. The first-order chi connectivity index (χ1) is 7.81. The van der Waals surface area contributed by atoms with E-state index >= 15 is 0 Å². The van der Waals surface area contributed by atoms with Gasteiger partial charge in [0.15, 0.2) is 0 Å². The van der Waals surface area contributed by atoms with Crippen LogP contribution in [0.5, 0.6) is 0 Å². The van der Waals surface area contributed by atoms with E-state index in [4.69, 9.17) is 0 Å². The van der Waals surface area contributed by atoms with E-state index in [9.17, 15) is 18.0 Å². The largest absolute Gasteiger partial charge is 0.401 e. The van der Waals surface area contributed by atoms with E-state index < -0.39 is 18.6 Å². The summed E-state index contributed by atoms with van der Waals surface area (Å²) in [6, 6.07) is 0. The van der Waals surface area contributed by atoms with Crippen molar-refractivity contribution in [1.82, 2.24) is 10.6 Å². The van der Waals surface area contributed by atoms with Crippen LogP contribution in [0.1, 0.15) is 33.1 Å². The average Bonchev–Trinajstić information content (AvgIpc) is 2.14. The highest BCUT2D eigenvalue weighted by Crippen LogP contribution is 2.11. The second-order valence-electron chi connectivity index (χ2n) is 4.46. The fourth-order valence-electron chi connectivity index (χ4n) is 1.29. The lowest BCUT2D eigenvalue weighted by molar-refractivity contribution is -0.128. The second kappa shape index (κ2) is 8.33. The van der Waals surface area contributed by atoms with E-state index in [1.165, 1.54) is 0 Å². The lowest BCUT2D eigenvalue weighted by atomic mass is 10.1. The van der Waals surface area contributed by atoms with Crippen LogP contribution < -0.4 is 10.6 Å². The highest BCUT2D eigenvalue weighted by atomic mass is 19.4. The Labute approximate surface area is 100 Å². The summed E-state index contributed by atoms with van der Waals surface area (Å²) in [6.07, 6.45) is -1.28. The van der Waals surface area contributed by atoms with Gasteiger partial charge in [0.2, 0.25) is 5.91 Å². The van der Waals surface area contributed by atoms with Crippen molar-refractivity contribution in [1.29, 1.82) is 0 Å². The smallest absolute Gasteiger partial charge is 0.355 e. The van der Waals surface area contributed by atoms with Crippen LogP contribution in [0.2, 0.25) is 0 Å². The molecule has 1 amide bonds. The number of carbonyl (C=O) groups is 1. The van der Waals surface area contributed by atoms with E-state index in [0.717, 1.165) is 19.3 Å². The van der Waals surface area contributed by atoms with E-state index in [1.54, 1.807) is 0 Å². The van der Waals surface area contributed by atoms with Gasteiger partial charge in [0.25, 0.3) is 0 Å². The molecule has 0 aromatic carbocycles. The predicted molar refractivity (Wildman–Crippen MR) is 60.6 cm³/mol. The van der Waals surface area contributed by atoms with Gasteiger partial charge in [0.1, 0.15) is 0 Å². The second-order valence-corrected chi connectivity index (χ2v) is 4.46. The Hall–Kier alpha value is -0.780. The third kappa shape index (κ3) is 13.2. The summed E-state index contributed by atoms with van der Waals surface area (Å²) in [4.78, 5) is 11.1. The van der Waals surface area contributed by atoms with Crippen molar-refractivity contribution < 1.29 is 18.0 Å². The summed E-state index contributed by atoms with van der Waals surface area (Å²) in [5.74, 6) is 0.248. The molecular weight excluding hydrogens is 233 g/mol. The molecule has 0 spiro atoms. The fraction of sp³-hybridized carbons (Fsp3) is 0.909. The molecule has 0 heterocycles. The van der Waals surface area contributed by atoms with E-state index in [1.807, 2.05) is 5.32 Å². The number of nitrogens with one attached hydrogen (secondary N) is 2. The van der Waals surface area contributed by atoms with Gasteiger partial charge in [-0.15, -0.1) is 0 Å². The third-order valence-corrected chi connectivity index (χ3v) is 2.14. The maximum atomic E-state index is 11.7. The van der Waals surface area contributed by atoms with Crippen molar-refractivity contribution in [2.24, 2.45) is 5.92 Å². The van der Waals surface area contributed by atoms with Gasteiger partial charge in [0.05, 0.1) is 13.1 Å². The first-order valence-corrected chi connectivity index (χ1v) is 5.85. The monoisotopic (exact) mass is 254 g/mol. The van der Waals surface area contributed by atoms with Gasteiger partial charge in [0, 0.05) is 6.54 Å². The Morgan fingerprint density at radius 2 is 1.88 bits per heavy atom. The van der Waals surface area contributed by atoms with Crippen LogP contribution in [0.15, 0.2) is 0 Å². The minimum Gasteiger partial charge on any atom is -0.355 e. The zero-order valence-corrected chi connectivity index (χ0v) is 10.4. The highest BCUT2D eigenvalue weighted by molar-refractivity contribution is 5.77. The maximum absolute atomic E-state index is 11.7. The van der Waals surface area contributed by atoms with Crippen LogP contribution in [0.25, 0.3) is 0 Å². The van der Waals surface area contributed by atoms with Gasteiger partial charge in [-0.3, -0.25) is 4.79 Å². The molecule has 0 aromatic heterocycles. The van der Waals surface area contributed by atoms with Crippen LogP contribution in [-0.4, -0.2) is 31.7 Å². The molecule has 0 fully saturated rings. The molecule has 6 heteroatoms. The summed E-state index contributed by atoms with van der Waals surface area (Å²) < 4.78 is 35.2. The number of rotatable bonds is 8. The summed E-state index contributed by atoms with van der Waals surface area (Å²) in [6.45, 7) is 3.36. The van der Waals surface area contributed by atoms with Crippen molar-refractivity contribution in [3.63, 3.8) is 0 Å². The van der Waals surface area contributed by atoms with Gasteiger partial charge >= 0.3 is 6.18 Å². The zero-order chi connectivity index (χ0) is 13.3. The van der Waals surface area contributed by atoms with Gasteiger partial charge in [-0.05, 0) is 12.3 Å².